The quantitative estimate of drug-likeness (QED) is 0.440. The van der Waals surface area contributed by atoms with Crippen LogP contribution in [0.1, 0.15) is 97.3 Å². The molecule has 0 aliphatic carbocycles. The molecule has 0 amide bonds. The van der Waals surface area contributed by atoms with Gasteiger partial charge in [-0.15, -0.1) is 0 Å². The minimum Gasteiger partial charge on any atom is -0.212 e. The van der Waals surface area contributed by atoms with Crippen molar-refractivity contribution in [1.29, 1.82) is 0 Å². The van der Waals surface area contributed by atoms with Crippen LogP contribution in [0.3, 0.4) is 0 Å². The third kappa shape index (κ3) is 7.45. The molecule has 1 fully saturated rings. The van der Waals surface area contributed by atoms with Crippen LogP contribution in [0.5, 0.6) is 0 Å². The van der Waals surface area contributed by atoms with Crippen LogP contribution in [0, 0.1) is 0 Å². The molecule has 0 spiro atoms. The Bertz CT molecular complexity index is 367. The average Bonchev–Trinajstić information content (AvgIpc) is 2.97. The summed E-state index contributed by atoms with van der Waals surface area (Å²) < 4.78 is 26.9. The second-order valence-electron chi connectivity index (χ2n) is 6.84. The molecule has 1 aliphatic rings. The van der Waals surface area contributed by atoms with E-state index in [4.69, 9.17) is 0 Å². The van der Waals surface area contributed by atoms with Crippen molar-refractivity contribution < 1.29 is 8.42 Å². The first-order chi connectivity index (χ1) is 10.6. The van der Waals surface area contributed by atoms with Crippen molar-refractivity contribution in [2.45, 2.75) is 103 Å². The lowest BCUT2D eigenvalue weighted by Gasteiger charge is -2.24. The molecule has 1 heterocycles. The van der Waals surface area contributed by atoms with Gasteiger partial charge in [-0.2, -0.15) is 4.31 Å². The minimum absolute atomic E-state index is 0.294. The standard InChI is InChI=1S/C18H37NO2S/c1-3-5-7-9-10-11-14-18-15-13-16-19(18)22(20,21)17-12-8-6-4-2/h18H,3-17H2,1-2H3. The van der Waals surface area contributed by atoms with Crippen molar-refractivity contribution in [3.8, 4) is 0 Å². The fourth-order valence-electron chi connectivity index (χ4n) is 3.45. The van der Waals surface area contributed by atoms with E-state index in [1.54, 1.807) is 0 Å². The molecule has 4 heteroatoms. The van der Waals surface area contributed by atoms with Crippen LogP contribution in [0.25, 0.3) is 0 Å². The van der Waals surface area contributed by atoms with E-state index in [2.05, 4.69) is 13.8 Å². The van der Waals surface area contributed by atoms with E-state index in [0.717, 1.165) is 51.5 Å². The van der Waals surface area contributed by atoms with E-state index in [1.165, 1.54) is 38.5 Å². The summed E-state index contributed by atoms with van der Waals surface area (Å²) in [6, 6.07) is 0.294. The highest BCUT2D eigenvalue weighted by Crippen LogP contribution is 2.26. The highest BCUT2D eigenvalue weighted by Gasteiger charge is 2.32. The predicted molar refractivity (Wildman–Crippen MR) is 95.6 cm³/mol. The van der Waals surface area contributed by atoms with Crippen LogP contribution in [0.2, 0.25) is 0 Å². The summed E-state index contributed by atoms with van der Waals surface area (Å²) >= 11 is 0. The molecule has 0 aromatic rings. The van der Waals surface area contributed by atoms with Gasteiger partial charge in [0, 0.05) is 12.6 Å². The topological polar surface area (TPSA) is 37.4 Å². The molecular formula is C18H37NO2S. The molecule has 1 unspecified atom stereocenters. The Hall–Kier alpha value is -0.0900. The van der Waals surface area contributed by atoms with Gasteiger partial charge in [0.2, 0.25) is 10.0 Å². The maximum atomic E-state index is 12.5. The summed E-state index contributed by atoms with van der Waals surface area (Å²) in [6.07, 6.45) is 15.1. The van der Waals surface area contributed by atoms with E-state index in [-0.39, 0.29) is 0 Å². The van der Waals surface area contributed by atoms with Crippen LogP contribution >= 0.6 is 0 Å². The van der Waals surface area contributed by atoms with Gasteiger partial charge in [0.25, 0.3) is 0 Å². The molecule has 1 saturated heterocycles. The number of hydrogen-bond acceptors (Lipinski definition) is 2. The summed E-state index contributed by atoms with van der Waals surface area (Å²) in [7, 11) is -3.01. The first-order valence-electron chi connectivity index (χ1n) is 9.61. The second-order valence-corrected chi connectivity index (χ2v) is 8.88. The van der Waals surface area contributed by atoms with Gasteiger partial charge < -0.3 is 0 Å². The van der Waals surface area contributed by atoms with Gasteiger partial charge in [0.05, 0.1) is 5.75 Å². The Morgan fingerprint density at radius 1 is 0.864 bits per heavy atom. The zero-order valence-corrected chi connectivity index (χ0v) is 15.7. The first-order valence-corrected chi connectivity index (χ1v) is 11.2. The fraction of sp³-hybridized carbons (Fsp3) is 1.00. The van der Waals surface area contributed by atoms with Crippen molar-refractivity contribution >= 4 is 10.0 Å². The molecule has 0 bridgehead atoms. The largest absolute Gasteiger partial charge is 0.214 e. The van der Waals surface area contributed by atoms with E-state index in [9.17, 15) is 8.42 Å². The van der Waals surface area contributed by atoms with E-state index in [1.807, 2.05) is 4.31 Å². The van der Waals surface area contributed by atoms with Gasteiger partial charge in [-0.25, -0.2) is 8.42 Å². The van der Waals surface area contributed by atoms with E-state index >= 15 is 0 Å². The smallest absolute Gasteiger partial charge is 0.212 e. The Kier molecular flexibility index (Phi) is 10.4. The van der Waals surface area contributed by atoms with Gasteiger partial charge in [-0.1, -0.05) is 71.6 Å². The van der Waals surface area contributed by atoms with Gasteiger partial charge in [-0.3, -0.25) is 0 Å². The number of sulfonamides is 1. The summed E-state index contributed by atoms with van der Waals surface area (Å²) in [6.45, 7) is 5.16. The molecule has 0 radical (unpaired) electrons. The van der Waals surface area contributed by atoms with Crippen molar-refractivity contribution in [3.63, 3.8) is 0 Å². The SMILES string of the molecule is CCCCCCCCC1CCCN1S(=O)(=O)CCCCCC. The molecule has 0 N–H and O–H groups in total. The van der Waals surface area contributed by atoms with Crippen LogP contribution in [-0.4, -0.2) is 31.1 Å². The molecule has 0 saturated carbocycles. The second kappa shape index (κ2) is 11.4. The summed E-state index contributed by atoms with van der Waals surface area (Å²) in [5, 5.41) is 0. The van der Waals surface area contributed by atoms with Gasteiger partial charge in [-0.05, 0) is 25.7 Å². The van der Waals surface area contributed by atoms with Crippen LogP contribution in [0.4, 0.5) is 0 Å². The van der Waals surface area contributed by atoms with Gasteiger partial charge >= 0.3 is 0 Å². The number of hydrogen-bond donors (Lipinski definition) is 0. The number of rotatable bonds is 13. The lowest BCUT2D eigenvalue weighted by molar-refractivity contribution is 0.358. The highest BCUT2D eigenvalue weighted by atomic mass is 32.2. The molecule has 22 heavy (non-hydrogen) atoms. The Balaban J connectivity index is 2.28. The molecule has 3 nitrogen and oxygen atoms in total. The lowest BCUT2D eigenvalue weighted by Crippen LogP contribution is -2.37. The lowest BCUT2D eigenvalue weighted by atomic mass is 10.0. The molecule has 1 atom stereocenters. The van der Waals surface area contributed by atoms with Crippen molar-refractivity contribution in [1.82, 2.24) is 4.31 Å². The fourth-order valence-corrected chi connectivity index (χ4v) is 5.33. The molecule has 1 aliphatic heterocycles. The zero-order valence-electron chi connectivity index (χ0n) is 14.9. The normalized spacial score (nSPS) is 19.8. The summed E-state index contributed by atoms with van der Waals surface area (Å²) in [4.78, 5) is 0. The molecule has 1 rings (SSSR count). The monoisotopic (exact) mass is 331 g/mol. The van der Waals surface area contributed by atoms with Crippen molar-refractivity contribution in [2.24, 2.45) is 0 Å². The number of unbranched alkanes of at least 4 members (excludes halogenated alkanes) is 8. The van der Waals surface area contributed by atoms with Crippen LogP contribution in [-0.2, 0) is 10.0 Å². The zero-order chi connectivity index (χ0) is 16.3. The Morgan fingerprint density at radius 2 is 1.45 bits per heavy atom. The van der Waals surface area contributed by atoms with Crippen molar-refractivity contribution in [2.75, 3.05) is 12.3 Å². The van der Waals surface area contributed by atoms with Crippen LogP contribution in [0.15, 0.2) is 0 Å². The number of nitrogens with zero attached hydrogens (tertiary/aromatic N) is 1. The molecule has 0 aromatic carbocycles. The first kappa shape index (κ1) is 20.0. The predicted octanol–water partition coefficient (Wildman–Crippen LogP) is 5.11. The maximum Gasteiger partial charge on any atom is 0.214 e. The highest BCUT2D eigenvalue weighted by molar-refractivity contribution is 7.89. The minimum atomic E-state index is -3.01. The maximum absolute atomic E-state index is 12.5. The van der Waals surface area contributed by atoms with Gasteiger partial charge in [0.1, 0.15) is 0 Å². The molecule has 0 aromatic heterocycles. The van der Waals surface area contributed by atoms with E-state index < -0.39 is 10.0 Å². The summed E-state index contributed by atoms with van der Waals surface area (Å²) in [5.41, 5.74) is 0. The van der Waals surface area contributed by atoms with Gasteiger partial charge in [0.15, 0.2) is 0 Å². The molecular weight excluding hydrogens is 294 g/mol. The average molecular weight is 332 g/mol. The Labute approximate surface area is 138 Å². The third-order valence-electron chi connectivity index (χ3n) is 4.83. The Morgan fingerprint density at radius 3 is 2.14 bits per heavy atom. The third-order valence-corrected chi connectivity index (χ3v) is 6.83. The van der Waals surface area contributed by atoms with Crippen molar-refractivity contribution in [3.05, 3.63) is 0 Å². The molecule has 132 valence electrons. The van der Waals surface area contributed by atoms with E-state index in [0.29, 0.717) is 11.8 Å². The summed E-state index contributed by atoms with van der Waals surface area (Å²) in [5.74, 6) is 0.361. The van der Waals surface area contributed by atoms with Crippen LogP contribution < -0.4 is 0 Å².